The highest BCUT2D eigenvalue weighted by Gasteiger charge is 2.36. The maximum absolute atomic E-state index is 14.4. The fraction of sp³-hybridized carbons (Fsp3) is 0.524. The lowest BCUT2D eigenvalue weighted by Gasteiger charge is -2.38. The molecule has 0 aliphatic carbocycles. The monoisotopic (exact) mass is 427 g/mol. The number of nitrogens with zero attached hydrogens (tertiary/aromatic N) is 5. The quantitative estimate of drug-likeness (QED) is 0.655. The summed E-state index contributed by atoms with van der Waals surface area (Å²) in [5, 5.41) is 8.37. The number of aromatic nitrogens is 4. The van der Waals surface area contributed by atoms with Gasteiger partial charge in [-0.15, -0.1) is 5.10 Å². The smallest absolute Gasteiger partial charge is 0.227 e. The van der Waals surface area contributed by atoms with Crippen molar-refractivity contribution in [3.05, 3.63) is 23.8 Å². The Hall–Kier alpha value is -3.01. The summed E-state index contributed by atoms with van der Waals surface area (Å²) in [5.74, 6) is 0.605. The number of rotatable bonds is 3. The molecule has 3 aromatic rings. The van der Waals surface area contributed by atoms with Gasteiger partial charge in [-0.2, -0.15) is 4.52 Å². The van der Waals surface area contributed by atoms with E-state index in [1.54, 1.807) is 0 Å². The van der Waals surface area contributed by atoms with Crippen molar-refractivity contribution < 1.29 is 13.9 Å². The Bertz CT molecular complexity index is 1160. The maximum Gasteiger partial charge on any atom is 0.227 e. The first-order valence-electron chi connectivity index (χ1n) is 10.7. The SMILES string of the molecule is COc1cc2nc(N)n3nc([C@@H]4CC[C@H](C)N(C(=O)[C@H]5CCNC5)C4)nc3c2cc1F. The summed E-state index contributed by atoms with van der Waals surface area (Å²) >= 11 is 0. The fourth-order valence-corrected chi connectivity index (χ4v) is 4.70. The van der Waals surface area contributed by atoms with Crippen LogP contribution in [0.1, 0.15) is 37.9 Å². The van der Waals surface area contributed by atoms with Crippen LogP contribution in [-0.2, 0) is 4.79 Å². The number of fused-ring (bicyclic) bond motifs is 3. The summed E-state index contributed by atoms with van der Waals surface area (Å²) in [4.78, 5) is 24.1. The van der Waals surface area contributed by atoms with E-state index < -0.39 is 5.82 Å². The minimum absolute atomic E-state index is 0.00745. The van der Waals surface area contributed by atoms with Crippen molar-refractivity contribution in [3.63, 3.8) is 0 Å². The van der Waals surface area contributed by atoms with E-state index in [9.17, 15) is 9.18 Å². The number of nitrogens with one attached hydrogen (secondary N) is 1. The molecule has 4 heterocycles. The summed E-state index contributed by atoms with van der Waals surface area (Å²) in [6, 6.07) is 3.05. The number of likely N-dealkylation sites (tertiary alicyclic amines) is 1. The standard InChI is InChI=1S/C21H26FN7O2/c1-11-3-4-13(10-28(11)20(30)12-5-6-24-9-12)18-26-19-14-7-15(22)17(31-2)8-16(14)25-21(23)29(19)27-18/h7-8,11-13,24H,3-6,9-10H2,1-2H3,(H2,23,25)/t11-,12-,13+/m0/s1. The van der Waals surface area contributed by atoms with E-state index in [2.05, 4.69) is 22.3 Å². The molecule has 0 radical (unpaired) electrons. The Kier molecular flexibility index (Phi) is 4.88. The van der Waals surface area contributed by atoms with Crippen molar-refractivity contribution in [2.24, 2.45) is 5.92 Å². The Balaban J connectivity index is 1.51. The third kappa shape index (κ3) is 3.34. The van der Waals surface area contributed by atoms with Crippen LogP contribution in [0, 0.1) is 11.7 Å². The highest BCUT2D eigenvalue weighted by molar-refractivity contribution is 5.93. The number of amides is 1. The van der Waals surface area contributed by atoms with Crippen LogP contribution < -0.4 is 15.8 Å². The third-order valence-corrected chi connectivity index (χ3v) is 6.53. The number of nitrogen functional groups attached to an aromatic ring is 1. The van der Waals surface area contributed by atoms with Crippen molar-refractivity contribution in [2.75, 3.05) is 32.5 Å². The van der Waals surface area contributed by atoms with E-state index in [0.717, 1.165) is 32.4 Å². The van der Waals surface area contributed by atoms with Crippen LogP contribution in [0.25, 0.3) is 16.6 Å². The normalized spacial score (nSPS) is 24.2. The molecule has 2 aliphatic heterocycles. The number of ether oxygens (including phenoxy) is 1. The van der Waals surface area contributed by atoms with Gasteiger partial charge >= 0.3 is 0 Å². The average molecular weight is 427 g/mol. The number of piperidine rings is 1. The first kappa shape index (κ1) is 19.9. The molecular formula is C21H26FN7O2. The Labute approximate surface area is 178 Å². The van der Waals surface area contributed by atoms with Gasteiger partial charge in [-0.3, -0.25) is 4.79 Å². The molecule has 0 spiro atoms. The van der Waals surface area contributed by atoms with Gasteiger partial charge in [-0.1, -0.05) is 0 Å². The zero-order valence-electron chi connectivity index (χ0n) is 17.6. The highest BCUT2D eigenvalue weighted by atomic mass is 19.1. The topological polar surface area (TPSA) is 111 Å². The number of hydrogen-bond acceptors (Lipinski definition) is 7. The van der Waals surface area contributed by atoms with Crippen molar-refractivity contribution in [1.82, 2.24) is 29.8 Å². The van der Waals surface area contributed by atoms with E-state index in [4.69, 9.17) is 15.5 Å². The molecule has 3 atom stereocenters. The second-order valence-electron chi connectivity index (χ2n) is 8.48. The Morgan fingerprint density at radius 2 is 2.13 bits per heavy atom. The molecule has 2 aliphatic rings. The van der Waals surface area contributed by atoms with Crippen LogP contribution in [0.5, 0.6) is 5.75 Å². The van der Waals surface area contributed by atoms with Gasteiger partial charge in [0.1, 0.15) is 0 Å². The molecule has 1 aromatic carbocycles. The predicted octanol–water partition coefficient (Wildman–Crippen LogP) is 1.71. The molecule has 164 valence electrons. The molecule has 31 heavy (non-hydrogen) atoms. The van der Waals surface area contributed by atoms with Crippen molar-refractivity contribution >= 4 is 28.4 Å². The lowest BCUT2D eigenvalue weighted by molar-refractivity contribution is -0.138. The lowest BCUT2D eigenvalue weighted by Crippen LogP contribution is -2.48. The van der Waals surface area contributed by atoms with Crippen LogP contribution in [0.15, 0.2) is 12.1 Å². The lowest BCUT2D eigenvalue weighted by atomic mass is 9.91. The van der Waals surface area contributed by atoms with Crippen LogP contribution in [0.3, 0.4) is 0 Å². The molecule has 0 bridgehead atoms. The molecule has 2 saturated heterocycles. The number of hydrogen-bond donors (Lipinski definition) is 2. The number of nitrogens with two attached hydrogens (primary N) is 1. The summed E-state index contributed by atoms with van der Waals surface area (Å²) < 4.78 is 20.9. The summed E-state index contributed by atoms with van der Waals surface area (Å²) in [7, 11) is 1.40. The van der Waals surface area contributed by atoms with Crippen LogP contribution in [0.4, 0.5) is 10.3 Å². The summed E-state index contributed by atoms with van der Waals surface area (Å²) in [6.07, 6.45) is 2.63. The van der Waals surface area contributed by atoms with Crippen LogP contribution in [0.2, 0.25) is 0 Å². The van der Waals surface area contributed by atoms with Gasteiger partial charge in [0.15, 0.2) is 23.0 Å². The summed E-state index contributed by atoms with van der Waals surface area (Å²) in [5.41, 5.74) is 7.06. The van der Waals surface area contributed by atoms with E-state index in [-0.39, 0.29) is 35.5 Å². The molecular weight excluding hydrogens is 401 g/mol. The van der Waals surface area contributed by atoms with Gasteiger partial charge in [0.25, 0.3) is 0 Å². The third-order valence-electron chi connectivity index (χ3n) is 6.53. The van der Waals surface area contributed by atoms with Gasteiger partial charge in [-0.05, 0) is 38.8 Å². The van der Waals surface area contributed by atoms with E-state index in [1.165, 1.54) is 23.8 Å². The van der Waals surface area contributed by atoms with Gasteiger partial charge < -0.3 is 20.7 Å². The second-order valence-corrected chi connectivity index (χ2v) is 8.48. The predicted molar refractivity (Wildman–Crippen MR) is 113 cm³/mol. The minimum atomic E-state index is -0.499. The number of anilines is 1. The van der Waals surface area contributed by atoms with Gasteiger partial charge in [0.05, 0.1) is 18.5 Å². The van der Waals surface area contributed by atoms with E-state index in [0.29, 0.717) is 28.9 Å². The molecule has 5 rings (SSSR count). The average Bonchev–Trinajstić information content (AvgIpc) is 3.45. The zero-order valence-corrected chi connectivity index (χ0v) is 17.6. The van der Waals surface area contributed by atoms with Crippen LogP contribution >= 0.6 is 0 Å². The second kappa shape index (κ2) is 7.60. The first-order chi connectivity index (χ1) is 15.0. The number of methoxy groups -OCH3 is 1. The van der Waals surface area contributed by atoms with Gasteiger partial charge in [0.2, 0.25) is 11.9 Å². The number of benzene rings is 1. The fourth-order valence-electron chi connectivity index (χ4n) is 4.70. The highest BCUT2D eigenvalue weighted by Crippen LogP contribution is 2.32. The number of carbonyl (C=O) groups is 1. The zero-order chi connectivity index (χ0) is 21.7. The number of carbonyl (C=O) groups excluding carboxylic acids is 1. The van der Waals surface area contributed by atoms with E-state index >= 15 is 0 Å². The number of halogens is 1. The molecule has 0 saturated carbocycles. The molecule has 2 aromatic heterocycles. The molecule has 0 unspecified atom stereocenters. The van der Waals surface area contributed by atoms with Crippen LogP contribution in [-0.4, -0.2) is 63.2 Å². The largest absolute Gasteiger partial charge is 0.494 e. The van der Waals surface area contributed by atoms with Crippen molar-refractivity contribution in [1.29, 1.82) is 0 Å². The van der Waals surface area contributed by atoms with Gasteiger partial charge in [-0.25, -0.2) is 14.4 Å². The summed E-state index contributed by atoms with van der Waals surface area (Å²) in [6.45, 7) is 4.29. The Morgan fingerprint density at radius 1 is 1.29 bits per heavy atom. The molecule has 10 heteroatoms. The molecule has 9 nitrogen and oxygen atoms in total. The minimum Gasteiger partial charge on any atom is -0.494 e. The van der Waals surface area contributed by atoms with Crippen molar-refractivity contribution in [3.8, 4) is 5.75 Å². The first-order valence-corrected chi connectivity index (χ1v) is 10.7. The van der Waals surface area contributed by atoms with Crippen molar-refractivity contribution in [2.45, 2.75) is 38.1 Å². The van der Waals surface area contributed by atoms with Gasteiger partial charge in [0, 0.05) is 36.5 Å². The maximum atomic E-state index is 14.4. The molecule has 3 N–H and O–H groups in total. The van der Waals surface area contributed by atoms with E-state index in [1.807, 2.05) is 4.90 Å². The molecule has 2 fully saturated rings. The molecule has 1 amide bonds. The Morgan fingerprint density at radius 3 is 2.87 bits per heavy atom.